The molecule has 4 aliphatic rings. The zero-order chi connectivity index (χ0) is 16.7. The Bertz CT molecular complexity index is 862. The predicted octanol–water partition coefficient (Wildman–Crippen LogP) is 2.21. The van der Waals surface area contributed by atoms with Gasteiger partial charge in [0, 0.05) is 23.9 Å². The van der Waals surface area contributed by atoms with E-state index in [-0.39, 0.29) is 29.2 Å². The molecule has 2 saturated heterocycles. The Balaban J connectivity index is 1.82. The Morgan fingerprint density at radius 2 is 1.96 bits per heavy atom. The highest BCUT2D eigenvalue weighted by Gasteiger charge is 2.79. The second-order valence-electron chi connectivity index (χ2n) is 7.99. The summed E-state index contributed by atoms with van der Waals surface area (Å²) < 4.78 is 27.0. The van der Waals surface area contributed by atoms with Gasteiger partial charge in [-0.1, -0.05) is 37.6 Å². The Hall–Kier alpha value is -1.46. The van der Waals surface area contributed by atoms with Gasteiger partial charge in [0.2, 0.25) is 0 Å². The molecule has 0 spiro atoms. The van der Waals surface area contributed by atoms with Crippen molar-refractivity contribution in [2.24, 2.45) is 11.3 Å². The SMILES string of the molecule is C[C@]12CCC[C@@H]3[C@H]4C(=O)C=C[C@H](N4C1)[C@@]32S(=O)(=O)c1ccccc1. The van der Waals surface area contributed by atoms with Gasteiger partial charge < -0.3 is 0 Å². The van der Waals surface area contributed by atoms with Crippen LogP contribution in [0.25, 0.3) is 0 Å². The van der Waals surface area contributed by atoms with E-state index < -0.39 is 14.6 Å². The molecule has 6 atom stereocenters. The van der Waals surface area contributed by atoms with E-state index in [0.29, 0.717) is 11.4 Å². The summed E-state index contributed by atoms with van der Waals surface area (Å²) in [6.45, 7) is 2.84. The predicted molar refractivity (Wildman–Crippen MR) is 90.2 cm³/mol. The maximum atomic E-state index is 13.9. The van der Waals surface area contributed by atoms with Crippen molar-refractivity contribution in [3.63, 3.8) is 0 Å². The first-order valence-corrected chi connectivity index (χ1v) is 10.2. The summed E-state index contributed by atoms with van der Waals surface area (Å²) in [7, 11) is -3.55. The number of carbonyl (C=O) groups excluding carboxylic acids is 1. The summed E-state index contributed by atoms with van der Waals surface area (Å²) in [5, 5.41) is 0. The van der Waals surface area contributed by atoms with E-state index in [9.17, 15) is 13.2 Å². The maximum absolute atomic E-state index is 13.9. The largest absolute Gasteiger partial charge is 0.293 e. The second-order valence-corrected chi connectivity index (χ2v) is 10.1. The number of nitrogens with zero attached hydrogens (tertiary/aromatic N) is 1. The molecule has 126 valence electrons. The monoisotopic (exact) mass is 343 g/mol. The van der Waals surface area contributed by atoms with E-state index in [1.54, 1.807) is 30.3 Å². The number of piperidine rings is 1. The Labute approximate surface area is 142 Å². The Morgan fingerprint density at radius 3 is 2.71 bits per heavy atom. The highest BCUT2D eigenvalue weighted by Crippen LogP contribution is 2.68. The molecule has 24 heavy (non-hydrogen) atoms. The normalized spacial score (nSPS) is 45.6. The first-order valence-electron chi connectivity index (χ1n) is 8.71. The Morgan fingerprint density at radius 1 is 1.21 bits per heavy atom. The molecule has 1 aliphatic carbocycles. The lowest BCUT2D eigenvalue weighted by atomic mass is 9.60. The van der Waals surface area contributed by atoms with Crippen LogP contribution in [0.4, 0.5) is 0 Å². The van der Waals surface area contributed by atoms with Crippen molar-refractivity contribution < 1.29 is 13.2 Å². The fourth-order valence-electron chi connectivity index (χ4n) is 6.37. The fourth-order valence-corrected chi connectivity index (χ4v) is 9.27. The molecule has 1 aromatic rings. The van der Waals surface area contributed by atoms with Crippen molar-refractivity contribution in [1.29, 1.82) is 0 Å². The van der Waals surface area contributed by atoms with Crippen LogP contribution < -0.4 is 0 Å². The topological polar surface area (TPSA) is 54.5 Å². The molecule has 1 unspecified atom stereocenters. The molecule has 0 aromatic heterocycles. The maximum Gasteiger partial charge on any atom is 0.186 e. The van der Waals surface area contributed by atoms with Crippen molar-refractivity contribution in [3.8, 4) is 0 Å². The highest BCUT2D eigenvalue weighted by atomic mass is 32.2. The number of hydrogen-bond acceptors (Lipinski definition) is 4. The van der Waals surface area contributed by atoms with Crippen LogP contribution in [0.5, 0.6) is 0 Å². The summed E-state index contributed by atoms with van der Waals surface area (Å²) in [5.74, 6) is -0.00644. The number of fused-ring (bicyclic) bond motifs is 1. The highest BCUT2D eigenvalue weighted by molar-refractivity contribution is 7.93. The minimum Gasteiger partial charge on any atom is -0.293 e. The van der Waals surface area contributed by atoms with E-state index in [1.807, 2.05) is 12.1 Å². The van der Waals surface area contributed by atoms with Gasteiger partial charge in [-0.2, -0.15) is 0 Å². The van der Waals surface area contributed by atoms with E-state index in [1.165, 1.54) is 0 Å². The van der Waals surface area contributed by atoms with Crippen LogP contribution in [-0.2, 0) is 14.6 Å². The number of ketones is 1. The summed E-state index contributed by atoms with van der Waals surface area (Å²) in [6, 6.07) is 8.43. The second kappa shape index (κ2) is 4.38. The molecule has 0 N–H and O–H groups in total. The van der Waals surface area contributed by atoms with Crippen molar-refractivity contribution >= 4 is 15.6 Å². The number of carbonyl (C=O) groups is 1. The Kier molecular flexibility index (Phi) is 2.71. The van der Waals surface area contributed by atoms with E-state index in [2.05, 4.69) is 11.8 Å². The number of hydrogen-bond donors (Lipinski definition) is 0. The average molecular weight is 343 g/mol. The third-order valence-corrected chi connectivity index (χ3v) is 9.86. The lowest BCUT2D eigenvalue weighted by Gasteiger charge is -2.53. The van der Waals surface area contributed by atoms with Crippen molar-refractivity contribution in [2.45, 2.75) is 47.9 Å². The number of sulfone groups is 1. The van der Waals surface area contributed by atoms with Gasteiger partial charge in [-0.05, 0) is 31.1 Å². The van der Waals surface area contributed by atoms with Gasteiger partial charge in [-0.25, -0.2) is 8.42 Å². The molecule has 1 saturated carbocycles. The average Bonchev–Trinajstić information content (AvgIpc) is 2.94. The van der Waals surface area contributed by atoms with E-state index >= 15 is 0 Å². The van der Waals surface area contributed by atoms with Crippen LogP contribution in [0, 0.1) is 11.3 Å². The van der Waals surface area contributed by atoms with E-state index in [0.717, 1.165) is 19.3 Å². The van der Waals surface area contributed by atoms with Gasteiger partial charge in [-0.3, -0.25) is 9.69 Å². The molecule has 1 aromatic carbocycles. The first-order chi connectivity index (χ1) is 11.4. The molecule has 5 rings (SSSR count). The zero-order valence-corrected chi connectivity index (χ0v) is 14.5. The molecule has 5 heteroatoms. The fraction of sp³-hybridized carbons (Fsp3) is 0.526. The lowest BCUT2D eigenvalue weighted by molar-refractivity contribution is -0.122. The van der Waals surface area contributed by atoms with Crippen molar-refractivity contribution in [1.82, 2.24) is 4.90 Å². The van der Waals surface area contributed by atoms with Gasteiger partial charge in [0.15, 0.2) is 15.6 Å². The molecule has 0 radical (unpaired) electrons. The number of benzene rings is 1. The molecule has 0 amide bonds. The summed E-state index contributed by atoms with van der Waals surface area (Å²) in [5.41, 5.74) is -0.291. The molecule has 4 bridgehead atoms. The first kappa shape index (κ1) is 14.8. The quantitative estimate of drug-likeness (QED) is 0.826. The number of rotatable bonds is 2. The van der Waals surface area contributed by atoms with Crippen molar-refractivity contribution in [2.75, 3.05) is 6.54 Å². The van der Waals surface area contributed by atoms with Gasteiger partial charge in [0.05, 0.1) is 10.9 Å². The molecular formula is C19H21NO3S. The summed E-state index contributed by atoms with van der Waals surface area (Å²) in [4.78, 5) is 15.1. The lowest BCUT2D eigenvalue weighted by Crippen LogP contribution is -2.63. The van der Waals surface area contributed by atoms with Gasteiger partial charge >= 0.3 is 0 Å². The van der Waals surface area contributed by atoms with Crippen LogP contribution in [-0.4, -0.2) is 42.5 Å². The van der Waals surface area contributed by atoms with Crippen LogP contribution in [0.1, 0.15) is 26.2 Å². The zero-order valence-electron chi connectivity index (χ0n) is 13.7. The molecule has 3 aliphatic heterocycles. The van der Waals surface area contributed by atoms with Crippen LogP contribution in [0.15, 0.2) is 47.4 Å². The molecule has 3 fully saturated rings. The van der Waals surface area contributed by atoms with Crippen LogP contribution in [0.2, 0.25) is 0 Å². The van der Waals surface area contributed by atoms with E-state index in [4.69, 9.17) is 0 Å². The summed E-state index contributed by atoms with van der Waals surface area (Å²) in [6.07, 6.45) is 6.26. The smallest absolute Gasteiger partial charge is 0.186 e. The minimum atomic E-state index is -3.55. The van der Waals surface area contributed by atoms with Gasteiger partial charge in [0.25, 0.3) is 0 Å². The standard InChI is InChI=1S/C19H21NO3S/c1-18-11-5-8-14-17-15(21)9-10-16(20(17)12-18)19(14,18)24(22,23)13-6-3-2-4-7-13/h2-4,6-7,9-10,14,16-17H,5,8,11-12H2,1H3/t14-,16+,17+,18+,19+/m1/s1. The minimum absolute atomic E-state index is 0.0883. The molecule has 4 nitrogen and oxygen atoms in total. The third-order valence-electron chi connectivity index (χ3n) is 7.04. The molecule has 3 heterocycles. The van der Waals surface area contributed by atoms with Gasteiger partial charge in [-0.15, -0.1) is 0 Å². The van der Waals surface area contributed by atoms with Crippen molar-refractivity contribution in [3.05, 3.63) is 42.5 Å². The molecular weight excluding hydrogens is 322 g/mol. The third kappa shape index (κ3) is 1.37. The van der Waals surface area contributed by atoms with Gasteiger partial charge in [0.1, 0.15) is 4.75 Å². The van der Waals surface area contributed by atoms with Crippen LogP contribution >= 0.6 is 0 Å². The summed E-state index contributed by atoms with van der Waals surface area (Å²) >= 11 is 0. The van der Waals surface area contributed by atoms with Crippen LogP contribution in [0.3, 0.4) is 0 Å².